The molecule has 0 atom stereocenters. The van der Waals surface area contributed by atoms with Crippen molar-refractivity contribution in [2.24, 2.45) is 0 Å². The number of pyridine rings is 3. The lowest BCUT2D eigenvalue weighted by atomic mass is 10.1. The van der Waals surface area contributed by atoms with Crippen LogP contribution in [0.2, 0.25) is 0 Å². The Bertz CT molecular complexity index is 1500. The largest absolute Gasteiger partial charge is 0.477 e. The maximum atomic E-state index is 5.87. The number of fused-ring (bicyclic) bond motifs is 7. The van der Waals surface area contributed by atoms with Crippen molar-refractivity contribution in [3.63, 3.8) is 0 Å². The van der Waals surface area contributed by atoms with Crippen LogP contribution in [0.1, 0.15) is 6.92 Å². The fourth-order valence-corrected chi connectivity index (χ4v) is 3.99. The molecule has 0 aliphatic carbocycles. The molecule has 0 aliphatic rings. The van der Waals surface area contributed by atoms with E-state index in [0.29, 0.717) is 18.3 Å². The third-order valence-electron chi connectivity index (χ3n) is 5.29. The highest BCUT2D eigenvalue weighted by atomic mass is 16.5. The molecule has 2 aromatic carbocycles. The van der Waals surface area contributed by atoms with Gasteiger partial charge in [-0.3, -0.25) is 9.97 Å². The third kappa shape index (κ3) is 2.43. The minimum absolute atomic E-state index is 0.526. The second-order valence-electron chi connectivity index (χ2n) is 7.07. The molecule has 4 aromatic heterocycles. The van der Waals surface area contributed by atoms with Gasteiger partial charge in [-0.25, -0.2) is 9.97 Å². The Morgan fingerprint density at radius 3 is 2.43 bits per heavy atom. The maximum Gasteiger partial charge on any atom is 0.225 e. The molecule has 6 heteroatoms. The fraction of sp³-hybridized carbons (Fsp3) is 0.0833. The second-order valence-corrected chi connectivity index (χ2v) is 7.07. The van der Waals surface area contributed by atoms with Gasteiger partial charge >= 0.3 is 0 Å². The van der Waals surface area contributed by atoms with E-state index >= 15 is 0 Å². The van der Waals surface area contributed by atoms with Gasteiger partial charge in [-0.2, -0.15) is 0 Å². The van der Waals surface area contributed by atoms with E-state index in [-0.39, 0.29) is 0 Å². The molecule has 0 bridgehead atoms. The van der Waals surface area contributed by atoms with Crippen molar-refractivity contribution in [2.45, 2.75) is 6.92 Å². The van der Waals surface area contributed by atoms with Crippen LogP contribution in [-0.2, 0) is 0 Å². The van der Waals surface area contributed by atoms with Crippen molar-refractivity contribution >= 4 is 43.7 Å². The van der Waals surface area contributed by atoms with Gasteiger partial charge in [0.2, 0.25) is 5.88 Å². The van der Waals surface area contributed by atoms with Crippen LogP contribution in [0.15, 0.2) is 67.0 Å². The SMILES string of the molecule is CCOc1nc2ccccc2cc1-c1nc2c3cccnc3c3ncccc3c2[nH]1. The molecule has 0 saturated heterocycles. The molecule has 0 amide bonds. The molecule has 0 unspecified atom stereocenters. The van der Waals surface area contributed by atoms with Crippen molar-refractivity contribution in [1.29, 1.82) is 0 Å². The van der Waals surface area contributed by atoms with Gasteiger partial charge in [-0.15, -0.1) is 0 Å². The summed E-state index contributed by atoms with van der Waals surface area (Å²) in [5.74, 6) is 1.29. The van der Waals surface area contributed by atoms with Gasteiger partial charge in [0, 0.05) is 28.6 Å². The summed E-state index contributed by atoms with van der Waals surface area (Å²) in [5, 5.41) is 2.99. The molecular weight excluding hydrogens is 374 g/mol. The van der Waals surface area contributed by atoms with Gasteiger partial charge in [0.25, 0.3) is 0 Å². The summed E-state index contributed by atoms with van der Waals surface area (Å²) >= 11 is 0. The first-order chi connectivity index (χ1) is 14.8. The molecule has 0 aliphatic heterocycles. The number of benzene rings is 2. The number of para-hydroxylation sites is 1. The Hall–Kier alpha value is -4.06. The van der Waals surface area contributed by atoms with Crippen LogP contribution in [0, 0.1) is 0 Å². The van der Waals surface area contributed by atoms with Crippen LogP contribution >= 0.6 is 0 Å². The highest BCUT2D eigenvalue weighted by molar-refractivity contribution is 6.21. The fourth-order valence-electron chi connectivity index (χ4n) is 3.99. The van der Waals surface area contributed by atoms with Gasteiger partial charge < -0.3 is 9.72 Å². The molecule has 0 radical (unpaired) electrons. The lowest BCUT2D eigenvalue weighted by Crippen LogP contribution is -1.98. The first-order valence-electron chi connectivity index (χ1n) is 9.87. The normalized spacial score (nSPS) is 11.6. The van der Waals surface area contributed by atoms with E-state index in [4.69, 9.17) is 14.7 Å². The topological polar surface area (TPSA) is 76.6 Å². The zero-order chi connectivity index (χ0) is 20.1. The Labute approximate surface area is 171 Å². The lowest BCUT2D eigenvalue weighted by Gasteiger charge is -2.09. The van der Waals surface area contributed by atoms with Crippen molar-refractivity contribution in [2.75, 3.05) is 6.61 Å². The number of aromatic nitrogens is 5. The Kier molecular flexibility index (Phi) is 3.64. The van der Waals surface area contributed by atoms with E-state index in [2.05, 4.69) is 21.0 Å². The van der Waals surface area contributed by atoms with Crippen molar-refractivity contribution in [1.82, 2.24) is 24.9 Å². The van der Waals surface area contributed by atoms with Crippen molar-refractivity contribution in [3.8, 4) is 17.3 Å². The van der Waals surface area contributed by atoms with Gasteiger partial charge in [-0.05, 0) is 43.3 Å². The van der Waals surface area contributed by atoms with Gasteiger partial charge in [0.1, 0.15) is 5.82 Å². The van der Waals surface area contributed by atoms with E-state index < -0.39 is 0 Å². The zero-order valence-corrected chi connectivity index (χ0v) is 16.3. The predicted octanol–water partition coefficient (Wildman–Crippen LogP) is 5.27. The molecule has 30 heavy (non-hydrogen) atoms. The number of ether oxygens (including phenoxy) is 1. The summed E-state index contributed by atoms with van der Waals surface area (Å²) in [5.41, 5.74) is 5.23. The van der Waals surface area contributed by atoms with Crippen LogP contribution in [0.25, 0.3) is 55.1 Å². The zero-order valence-electron chi connectivity index (χ0n) is 16.3. The molecule has 6 nitrogen and oxygen atoms in total. The molecule has 4 heterocycles. The van der Waals surface area contributed by atoms with Gasteiger partial charge in [0.15, 0.2) is 0 Å². The second kappa shape index (κ2) is 6.49. The first kappa shape index (κ1) is 16.9. The average Bonchev–Trinajstić information content (AvgIpc) is 3.25. The number of aromatic amines is 1. The van der Waals surface area contributed by atoms with Crippen LogP contribution < -0.4 is 4.74 Å². The molecule has 144 valence electrons. The van der Waals surface area contributed by atoms with Crippen molar-refractivity contribution < 1.29 is 4.74 Å². The van der Waals surface area contributed by atoms with Crippen LogP contribution in [0.3, 0.4) is 0 Å². The van der Waals surface area contributed by atoms with Crippen LogP contribution in [0.4, 0.5) is 0 Å². The molecule has 0 saturated carbocycles. The quantitative estimate of drug-likeness (QED) is 0.416. The number of nitrogens with zero attached hydrogens (tertiary/aromatic N) is 4. The Morgan fingerprint density at radius 2 is 1.60 bits per heavy atom. The highest BCUT2D eigenvalue weighted by Gasteiger charge is 2.18. The number of imidazole rings is 1. The van der Waals surface area contributed by atoms with E-state index in [1.807, 2.05) is 55.5 Å². The van der Waals surface area contributed by atoms with E-state index in [9.17, 15) is 0 Å². The third-order valence-corrected chi connectivity index (χ3v) is 5.29. The summed E-state index contributed by atoms with van der Waals surface area (Å²) < 4.78 is 5.87. The Balaban J connectivity index is 1.71. The summed E-state index contributed by atoms with van der Waals surface area (Å²) in [6.07, 6.45) is 3.58. The Morgan fingerprint density at radius 1 is 0.833 bits per heavy atom. The highest BCUT2D eigenvalue weighted by Crippen LogP contribution is 2.36. The number of rotatable bonds is 3. The minimum atomic E-state index is 0.526. The lowest BCUT2D eigenvalue weighted by molar-refractivity contribution is 0.329. The number of nitrogens with one attached hydrogen (secondary N) is 1. The summed E-state index contributed by atoms with van der Waals surface area (Å²) in [4.78, 5) is 22.4. The predicted molar refractivity (Wildman–Crippen MR) is 119 cm³/mol. The van der Waals surface area contributed by atoms with E-state index in [1.54, 1.807) is 12.4 Å². The molecule has 1 N–H and O–H groups in total. The first-order valence-corrected chi connectivity index (χ1v) is 9.87. The number of H-pyrrole nitrogens is 1. The molecular formula is C24H17N5O. The average molecular weight is 391 g/mol. The smallest absolute Gasteiger partial charge is 0.225 e. The standard InChI is InChI=1S/C24H17N5O/c1-2-30-24-17(13-14-7-3-4-10-18(14)27-24)23-28-21-15-8-5-11-25-19(15)20-16(22(21)29-23)9-6-12-26-20/h3-13H,2H2,1H3,(H,28,29). The summed E-state index contributed by atoms with van der Waals surface area (Å²) in [7, 11) is 0. The van der Waals surface area contributed by atoms with E-state index in [0.717, 1.165) is 49.3 Å². The molecule has 0 spiro atoms. The molecule has 6 rings (SSSR count). The van der Waals surface area contributed by atoms with Crippen LogP contribution in [0.5, 0.6) is 5.88 Å². The molecule has 6 aromatic rings. The summed E-state index contributed by atoms with van der Waals surface area (Å²) in [6, 6.07) is 18.0. The number of hydrogen-bond donors (Lipinski definition) is 1. The summed E-state index contributed by atoms with van der Waals surface area (Å²) in [6.45, 7) is 2.48. The monoisotopic (exact) mass is 391 g/mol. The van der Waals surface area contributed by atoms with Gasteiger partial charge in [0.05, 0.1) is 39.8 Å². The minimum Gasteiger partial charge on any atom is -0.477 e. The maximum absolute atomic E-state index is 5.87. The number of hydrogen-bond acceptors (Lipinski definition) is 5. The van der Waals surface area contributed by atoms with E-state index in [1.165, 1.54) is 0 Å². The van der Waals surface area contributed by atoms with Crippen LogP contribution in [-0.4, -0.2) is 31.5 Å². The van der Waals surface area contributed by atoms with Gasteiger partial charge in [-0.1, -0.05) is 18.2 Å². The molecule has 0 fully saturated rings. The van der Waals surface area contributed by atoms with Crippen molar-refractivity contribution in [3.05, 3.63) is 67.0 Å².